The van der Waals surface area contributed by atoms with Gasteiger partial charge in [0, 0.05) is 5.92 Å². The van der Waals surface area contributed by atoms with Gasteiger partial charge in [0.1, 0.15) is 24.4 Å². The minimum absolute atomic E-state index is 0.00824. The lowest BCUT2D eigenvalue weighted by atomic mass is 9.84. The Kier molecular flexibility index (Phi) is 8.75. The molecule has 2 heterocycles. The van der Waals surface area contributed by atoms with E-state index < -0.39 is 43.4 Å². The smallest absolute Gasteiger partial charge is 0.186 e. The summed E-state index contributed by atoms with van der Waals surface area (Å²) >= 11 is 0. The van der Waals surface area contributed by atoms with Crippen molar-refractivity contribution in [1.82, 2.24) is 0 Å². The minimum Gasteiger partial charge on any atom is -0.504 e. The number of aliphatic hydroxyl groups excluding tert-OH is 4. The molecule has 0 radical (unpaired) electrons. The van der Waals surface area contributed by atoms with Crippen molar-refractivity contribution in [2.24, 2.45) is 11.8 Å². The molecule has 204 valence electrons. The molecule has 0 aromatic heterocycles. The molecule has 0 amide bonds. The first kappa shape index (κ1) is 27.4. The third kappa shape index (κ3) is 5.78. The van der Waals surface area contributed by atoms with E-state index in [9.17, 15) is 30.6 Å². The Hall–Kier alpha value is -2.64. The van der Waals surface area contributed by atoms with Crippen molar-refractivity contribution < 1.29 is 54.3 Å². The van der Waals surface area contributed by atoms with E-state index in [1.807, 2.05) is 0 Å². The molecule has 6 N–H and O–H groups in total. The molecule has 4 rings (SSSR count). The molecule has 11 heteroatoms. The second-order valence-electron chi connectivity index (χ2n) is 9.35. The topological polar surface area (TPSA) is 168 Å². The van der Waals surface area contributed by atoms with Crippen LogP contribution in [0.3, 0.4) is 0 Å². The Bertz CT molecular complexity index is 1050. The SMILES string of the molecule is COc1cc(C[C@@H]2CO[C@@H](c3ccc(O)c(OC)c3)[C@@H]2CO[C@@H]2O[C@H](CO)[C@@H](O)[C@H](O)[C@H]2O)ccc1O. The number of phenols is 2. The summed E-state index contributed by atoms with van der Waals surface area (Å²) in [6, 6.07) is 10.0. The van der Waals surface area contributed by atoms with Crippen LogP contribution in [0.5, 0.6) is 23.0 Å². The standard InChI is InChI=1S/C26H34O11/c1-33-19-8-13(3-5-17(19)28)7-15-11-35-25(14-4-6-18(29)20(9-14)34-2)16(15)12-36-26-24(32)23(31)22(30)21(10-27)37-26/h3-6,8-9,15-16,21-32H,7,10-12H2,1-2H3/t15-,16-,21-,22-,23+,24-,25+,26-/m1/s1. The highest BCUT2D eigenvalue weighted by Crippen LogP contribution is 2.43. The van der Waals surface area contributed by atoms with Crippen molar-refractivity contribution in [3.05, 3.63) is 47.5 Å². The number of benzene rings is 2. The zero-order valence-electron chi connectivity index (χ0n) is 20.6. The molecule has 2 saturated heterocycles. The first-order chi connectivity index (χ1) is 17.8. The summed E-state index contributed by atoms with van der Waals surface area (Å²) in [5.41, 5.74) is 1.66. The van der Waals surface area contributed by atoms with Gasteiger partial charge in [-0.2, -0.15) is 0 Å². The van der Waals surface area contributed by atoms with E-state index in [1.165, 1.54) is 20.3 Å². The van der Waals surface area contributed by atoms with Gasteiger partial charge in [-0.15, -0.1) is 0 Å². The number of rotatable bonds is 9. The molecule has 37 heavy (non-hydrogen) atoms. The van der Waals surface area contributed by atoms with Gasteiger partial charge in [-0.1, -0.05) is 12.1 Å². The summed E-state index contributed by atoms with van der Waals surface area (Å²) in [6.45, 7) is -0.130. The Morgan fingerprint density at radius 1 is 0.892 bits per heavy atom. The maximum atomic E-state index is 10.4. The number of aliphatic hydroxyl groups is 4. The zero-order chi connectivity index (χ0) is 26.7. The van der Waals surface area contributed by atoms with Crippen LogP contribution < -0.4 is 9.47 Å². The van der Waals surface area contributed by atoms with Crippen LogP contribution in [0.4, 0.5) is 0 Å². The van der Waals surface area contributed by atoms with Crippen LogP contribution in [-0.2, 0) is 20.6 Å². The Morgan fingerprint density at radius 2 is 1.57 bits per heavy atom. The van der Waals surface area contributed by atoms with E-state index in [2.05, 4.69) is 0 Å². The quantitative estimate of drug-likeness (QED) is 0.271. The Morgan fingerprint density at radius 3 is 2.24 bits per heavy atom. The number of aromatic hydroxyl groups is 2. The highest BCUT2D eigenvalue weighted by Gasteiger charge is 2.45. The van der Waals surface area contributed by atoms with Crippen LogP contribution in [0.1, 0.15) is 17.2 Å². The third-order valence-electron chi connectivity index (χ3n) is 7.06. The summed E-state index contributed by atoms with van der Waals surface area (Å²) in [5, 5.41) is 60.0. The van der Waals surface area contributed by atoms with Gasteiger partial charge in [0.05, 0.1) is 40.1 Å². The average Bonchev–Trinajstić information content (AvgIpc) is 3.30. The van der Waals surface area contributed by atoms with Crippen molar-refractivity contribution in [2.45, 2.75) is 43.2 Å². The molecular formula is C26H34O11. The van der Waals surface area contributed by atoms with Crippen molar-refractivity contribution in [2.75, 3.05) is 34.0 Å². The van der Waals surface area contributed by atoms with E-state index in [4.69, 9.17) is 23.7 Å². The summed E-state index contributed by atoms with van der Waals surface area (Å²) in [6.07, 6.45) is -6.81. The van der Waals surface area contributed by atoms with E-state index in [1.54, 1.807) is 30.3 Å². The molecular weight excluding hydrogens is 488 g/mol. The van der Waals surface area contributed by atoms with Gasteiger partial charge in [-0.3, -0.25) is 0 Å². The highest BCUT2D eigenvalue weighted by molar-refractivity contribution is 5.43. The van der Waals surface area contributed by atoms with Crippen LogP contribution in [0.15, 0.2) is 36.4 Å². The second kappa shape index (κ2) is 11.8. The van der Waals surface area contributed by atoms with Gasteiger partial charge in [-0.25, -0.2) is 0 Å². The Balaban J connectivity index is 1.57. The van der Waals surface area contributed by atoms with Crippen molar-refractivity contribution in [3.8, 4) is 23.0 Å². The molecule has 0 aliphatic carbocycles. The lowest BCUT2D eigenvalue weighted by Crippen LogP contribution is -2.59. The second-order valence-corrected chi connectivity index (χ2v) is 9.35. The number of hydrogen-bond donors (Lipinski definition) is 6. The van der Waals surface area contributed by atoms with Crippen LogP contribution in [0.25, 0.3) is 0 Å². The fourth-order valence-electron chi connectivity index (χ4n) is 4.93. The van der Waals surface area contributed by atoms with Crippen molar-refractivity contribution in [1.29, 1.82) is 0 Å². The largest absolute Gasteiger partial charge is 0.504 e. The number of hydrogen-bond acceptors (Lipinski definition) is 11. The number of phenolic OH excluding ortho intramolecular Hbond substituents is 2. The molecule has 0 unspecified atom stereocenters. The lowest BCUT2D eigenvalue weighted by molar-refractivity contribution is -0.304. The maximum Gasteiger partial charge on any atom is 0.186 e. The zero-order valence-corrected chi connectivity index (χ0v) is 20.6. The van der Waals surface area contributed by atoms with Crippen LogP contribution in [0.2, 0.25) is 0 Å². The monoisotopic (exact) mass is 522 g/mol. The summed E-state index contributed by atoms with van der Waals surface area (Å²) < 4.78 is 28.1. The van der Waals surface area contributed by atoms with Gasteiger partial charge >= 0.3 is 0 Å². The molecule has 2 aromatic rings. The lowest BCUT2D eigenvalue weighted by Gasteiger charge is -2.40. The summed E-state index contributed by atoms with van der Waals surface area (Å²) in [7, 11) is 2.93. The highest BCUT2D eigenvalue weighted by atomic mass is 16.7. The molecule has 8 atom stereocenters. The molecule has 0 spiro atoms. The van der Waals surface area contributed by atoms with Crippen molar-refractivity contribution >= 4 is 0 Å². The fourth-order valence-corrected chi connectivity index (χ4v) is 4.93. The summed E-state index contributed by atoms with van der Waals surface area (Å²) in [4.78, 5) is 0. The van der Waals surface area contributed by atoms with E-state index in [0.717, 1.165) is 11.1 Å². The summed E-state index contributed by atoms with van der Waals surface area (Å²) in [5.74, 6) is 0.341. The molecule has 0 saturated carbocycles. The number of ether oxygens (including phenoxy) is 5. The van der Waals surface area contributed by atoms with E-state index in [0.29, 0.717) is 24.5 Å². The van der Waals surface area contributed by atoms with Crippen LogP contribution in [-0.4, -0.2) is 95.4 Å². The molecule has 0 bridgehead atoms. The Labute approximate surface area is 214 Å². The van der Waals surface area contributed by atoms with Gasteiger partial charge in [0.15, 0.2) is 29.3 Å². The molecule has 2 aliphatic rings. The molecule has 2 aliphatic heterocycles. The van der Waals surface area contributed by atoms with Crippen molar-refractivity contribution in [3.63, 3.8) is 0 Å². The number of methoxy groups -OCH3 is 2. The van der Waals surface area contributed by atoms with Gasteiger partial charge < -0.3 is 54.3 Å². The molecule has 2 aromatic carbocycles. The normalized spacial score (nSPS) is 31.8. The first-order valence-electron chi connectivity index (χ1n) is 12.0. The third-order valence-corrected chi connectivity index (χ3v) is 7.06. The molecule has 2 fully saturated rings. The predicted octanol–water partition coefficient (Wildman–Crippen LogP) is 0.478. The molecule has 11 nitrogen and oxygen atoms in total. The van der Waals surface area contributed by atoms with Crippen LogP contribution >= 0.6 is 0 Å². The van der Waals surface area contributed by atoms with Gasteiger partial charge in [-0.05, 0) is 47.7 Å². The van der Waals surface area contributed by atoms with Gasteiger partial charge in [0.2, 0.25) is 0 Å². The predicted molar refractivity (Wildman–Crippen MR) is 128 cm³/mol. The fraction of sp³-hybridized carbons (Fsp3) is 0.538. The minimum atomic E-state index is -1.55. The van der Waals surface area contributed by atoms with E-state index in [-0.39, 0.29) is 29.9 Å². The van der Waals surface area contributed by atoms with Crippen LogP contribution in [0, 0.1) is 11.8 Å². The van der Waals surface area contributed by atoms with E-state index >= 15 is 0 Å². The first-order valence-corrected chi connectivity index (χ1v) is 12.0. The van der Waals surface area contributed by atoms with Gasteiger partial charge in [0.25, 0.3) is 0 Å². The average molecular weight is 523 g/mol. The maximum absolute atomic E-state index is 10.4.